The molecule has 0 aliphatic carbocycles. The van der Waals surface area contributed by atoms with Crippen LogP contribution in [0, 0.1) is 12.8 Å². The van der Waals surface area contributed by atoms with E-state index in [1.807, 2.05) is 27.7 Å². The zero-order valence-corrected chi connectivity index (χ0v) is 22.6. The molecule has 0 saturated carbocycles. The molecule has 1 aromatic carbocycles. The maximum Gasteiger partial charge on any atom is 0.283 e. The standard InChI is InChI=1S/C13H24N2O3.C9H12N2O2S.C2H6.CH4/c1-5-6-7-11(10(3)16)15-13(18)9(2)8-12(17)14-4;1-7-3-5-9(6-4-7)14(12,13)11-8(2)10;1-2;/h9,11H,5-8H2,1-4H3,(H,14,17)(H,15,18);3-6H,1-2H3,(H2,10,11);1-2H3;1H4. The van der Waals surface area contributed by atoms with E-state index < -0.39 is 22.0 Å². The van der Waals surface area contributed by atoms with Crippen LogP contribution in [0.5, 0.6) is 0 Å². The zero-order chi connectivity index (χ0) is 26.9. The van der Waals surface area contributed by atoms with Crippen LogP contribution in [0.4, 0.5) is 0 Å². The van der Waals surface area contributed by atoms with E-state index in [9.17, 15) is 22.8 Å². The molecule has 0 heterocycles. The van der Waals surface area contributed by atoms with Crippen molar-refractivity contribution in [3.8, 4) is 0 Å². The molecule has 4 N–H and O–H groups in total. The van der Waals surface area contributed by atoms with Gasteiger partial charge in [-0.2, -0.15) is 8.42 Å². The van der Waals surface area contributed by atoms with Crippen LogP contribution < -0.4 is 16.4 Å². The lowest BCUT2D eigenvalue weighted by molar-refractivity contribution is -0.132. The van der Waals surface area contributed by atoms with Crippen LogP contribution in [0.1, 0.15) is 80.2 Å². The summed E-state index contributed by atoms with van der Waals surface area (Å²) in [5.74, 6) is -0.844. The van der Waals surface area contributed by atoms with E-state index >= 15 is 0 Å². The predicted octanol–water partition coefficient (Wildman–Crippen LogP) is 3.75. The van der Waals surface area contributed by atoms with E-state index in [0.717, 1.165) is 18.4 Å². The molecule has 1 rings (SSSR count). The number of nitrogens with two attached hydrogens (primary N) is 1. The van der Waals surface area contributed by atoms with E-state index in [-0.39, 0.29) is 42.2 Å². The fraction of sp³-hybridized carbons (Fsp3) is 0.600. The molecule has 0 fully saturated rings. The predicted molar refractivity (Wildman–Crippen MR) is 144 cm³/mol. The Hall–Kier alpha value is -2.75. The molecule has 9 nitrogen and oxygen atoms in total. The third kappa shape index (κ3) is 16.5. The average molecular weight is 515 g/mol. The molecule has 202 valence electrons. The summed E-state index contributed by atoms with van der Waals surface area (Å²) in [5.41, 5.74) is 6.21. The van der Waals surface area contributed by atoms with Crippen LogP contribution in [0.2, 0.25) is 0 Å². The van der Waals surface area contributed by atoms with E-state index in [4.69, 9.17) is 5.73 Å². The highest BCUT2D eigenvalue weighted by Crippen LogP contribution is 2.12. The number of sulfonamides is 1. The van der Waals surface area contributed by atoms with Gasteiger partial charge in [-0.05, 0) is 39.3 Å². The van der Waals surface area contributed by atoms with Crippen LogP contribution in [0.3, 0.4) is 0 Å². The van der Waals surface area contributed by atoms with Gasteiger partial charge in [-0.1, -0.05) is 65.7 Å². The second-order valence-electron chi connectivity index (χ2n) is 7.61. The number of ketones is 1. The molecule has 0 aliphatic rings. The summed E-state index contributed by atoms with van der Waals surface area (Å²) < 4.78 is 26.3. The SMILES string of the molecule is C.C/C(N)=N/S(=O)(=O)c1ccc(C)cc1.CC.CCCCC(NC(=O)C(C)CC(=O)NC)C(C)=O. The summed E-state index contributed by atoms with van der Waals surface area (Å²) in [7, 11) is -2.08. The quantitative estimate of drug-likeness (QED) is 0.320. The van der Waals surface area contributed by atoms with Gasteiger partial charge in [0.05, 0.1) is 10.9 Å². The number of benzene rings is 1. The Balaban J connectivity index is -0.000000543. The highest BCUT2D eigenvalue weighted by atomic mass is 32.2. The highest BCUT2D eigenvalue weighted by molar-refractivity contribution is 7.90. The van der Waals surface area contributed by atoms with Gasteiger partial charge in [-0.3, -0.25) is 14.4 Å². The van der Waals surface area contributed by atoms with Gasteiger partial charge in [-0.15, -0.1) is 4.40 Å². The van der Waals surface area contributed by atoms with Crippen molar-refractivity contribution >= 4 is 33.5 Å². The molecular weight excluding hydrogens is 468 g/mol. The van der Waals surface area contributed by atoms with E-state index in [1.165, 1.54) is 33.0 Å². The molecule has 0 aromatic heterocycles. The van der Waals surface area contributed by atoms with Gasteiger partial charge < -0.3 is 16.4 Å². The van der Waals surface area contributed by atoms with Crippen molar-refractivity contribution in [1.82, 2.24) is 10.6 Å². The van der Waals surface area contributed by atoms with Crippen LogP contribution in [0.25, 0.3) is 0 Å². The Kier molecular flexibility index (Phi) is 20.6. The number of hydrogen-bond acceptors (Lipinski definition) is 5. The molecule has 35 heavy (non-hydrogen) atoms. The highest BCUT2D eigenvalue weighted by Gasteiger charge is 2.21. The lowest BCUT2D eigenvalue weighted by atomic mass is 10.0. The Labute approximate surface area is 212 Å². The number of carbonyl (C=O) groups is 3. The molecule has 2 atom stereocenters. The number of aryl methyl sites for hydroxylation is 1. The molecule has 0 bridgehead atoms. The van der Waals surface area contributed by atoms with Gasteiger partial charge in [0.15, 0.2) is 5.78 Å². The van der Waals surface area contributed by atoms with Crippen molar-refractivity contribution in [2.45, 2.75) is 92.5 Å². The Morgan fingerprint density at radius 2 is 1.60 bits per heavy atom. The number of nitrogens with one attached hydrogen (secondary N) is 2. The average Bonchev–Trinajstić information content (AvgIpc) is 2.77. The number of amides is 2. The number of nitrogens with zero attached hydrogens (tertiary/aromatic N) is 1. The largest absolute Gasteiger partial charge is 0.387 e. The van der Waals surface area contributed by atoms with Gasteiger partial charge in [0.2, 0.25) is 11.8 Å². The van der Waals surface area contributed by atoms with Crippen molar-refractivity contribution in [1.29, 1.82) is 0 Å². The van der Waals surface area contributed by atoms with Crippen LogP contribution in [0.15, 0.2) is 33.6 Å². The molecule has 0 radical (unpaired) electrons. The maximum atomic E-state index is 11.8. The van der Waals surface area contributed by atoms with Crippen LogP contribution in [-0.2, 0) is 24.4 Å². The van der Waals surface area contributed by atoms with Gasteiger partial charge in [0, 0.05) is 19.4 Å². The first-order chi connectivity index (χ1) is 15.8. The van der Waals surface area contributed by atoms with Gasteiger partial charge in [0.25, 0.3) is 10.0 Å². The van der Waals surface area contributed by atoms with Crippen LogP contribution >= 0.6 is 0 Å². The normalized spacial score (nSPS) is 12.3. The van der Waals surface area contributed by atoms with E-state index in [1.54, 1.807) is 19.1 Å². The molecular formula is C25H46N4O5S. The minimum Gasteiger partial charge on any atom is -0.387 e. The van der Waals surface area contributed by atoms with Gasteiger partial charge in [-0.25, -0.2) is 0 Å². The molecule has 0 aliphatic heterocycles. The molecule has 10 heteroatoms. The van der Waals surface area contributed by atoms with Crippen molar-refractivity contribution in [2.24, 2.45) is 16.0 Å². The maximum absolute atomic E-state index is 11.8. The van der Waals surface area contributed by atoms with Gasteiger partial charge in [0.1, 0.15) is 5.84 Å². The van der Waals surface area contributed by atoms with E-state index in [2.05, 4.69) is 15.0 Å². The van der Waals surface area contributed by atoms with Crippen molar-refractivity contribution in [3.63, 3.8) is 0 Å². The monoisotopic (exact) mass is 514 g/mol. The molecule has 0 spiro atoms. The molecule has 2 unspecified atom stereocenters. The summed E-state index contributed by atoms with van der Waals surface area (Å²) in [6.45, 7) is 12.5. The fourth-order valence-corrected chi connectivity index (χ4v) is 3.49. The summed E-state index contributed by atoms with van der Waals surface area (Å²) in [6, 6.07) is 6.03. The van der Waals surface area contributed by atoms with Gasteiger partial charge >= 0.3 is 0 Å². The smallest absolute Gasteiger partial charge is 0.283 e. The Morgan fingerprint density at radius 1 is 1.09 bits per heavy atom. The molecule has 1 aromatic rings. The first-order valence-corrected chi connectivity index (χ1v) is 12.9. The number of unbranched alkanes of at least 4 members (excludes halogenated alkanes) is 1. The summed E-state index contributed by atoms with van der Waals surface area (Å²) >= 11 is 0. The van der Waals surface area contributed by atoms with Crippen molar-refractivity contribution < 1.29 is 22.8 Å². The first-order valence-electron chi connectivity index (χ1n) is 11.5. The number of amidine groups is 1. The number of rotatable bonds is 10. The minimum atomic E-state index is -3.61. The topological polar surface area (TPSA) is 148 Å². The number of Topliss-reactive ketones (excluding diaryl/α,β-unsaturated/α-hetero) is 1. The fourth-order valence-electron chi connectivity index (χ4n) is 2.52. The zero-order valence-electron chi connectivity index (χ0n) is 21.8. The van der Waals surface area contributed by atoms with Crippen LogP contribution in [-0.4, -0.2) is 44.9 Å². The van der Waals surface area contributed by atoms with Crippen molar-refractivity contribution in [3.05, 3.63) is 29.8 Å². The summed E-state index contributed by atoms with van der Waals surface area (Å²) in [6.07, 6.45) is 2.67. The first kappa shape index (κ1) is 36.8. The van der Waals surface area contributed by atoms with Crippen molar-refractivity contribution in [2.75, 3.05) is 7.05 Å². The minimum absolute atomic E-state index is 0. The number of hydrogen-bond donors (Lipinski definition) is 3. The lowest BCUT2D eigenvalue weighted by Crippen LogP contribution is -2.43. The number of carbonyl (C=O) groups excluding carboxylic acids is 3. The second-order valence-corrected chi connectivity index (χ2v) is 9.22. The third-order valence-corrected chi connectivity index (χ3v) is 5.85. The lowest BCUT2D eigenvalue weighted by Gasteiger charge is -2.18. The Bertz CT molecular complexity index is 893. The molecule has 2 amide bonds. The summed E-state index contributed by atoms with van der Waals surface area (Å²) in [5, 5.41) is 5.19. The molecule has 0 saturated heterocycles. The van der Waals surface area contributed by atoms with E-state index in [0.29, 0.717) is 6.42 Å². The summed E-state index contributed by atoms with van der Waals surface area (Å²) in [4.78, 5) is 34.5. The Morgan fingerprint density at radius 3 is 2.00 bits per heavy atom. The second kappa shape index (κ2) is 19.5. The third-order valence-electron chi connectivity index (χ3n) is 4.45.